The summed E-state index contributed by atoms with van der Waals surface area (Å²) in [5, 5.41) is 14.7. The van der Waals surface area contributed by atoms with Crippen molar-refractivity contribution in [3.05, 3.63) is 71.3 Å². The Morgan fingerprint density at radius 2 is 1.72 bits per heavy atom. The van der Waals surface area contributed by atoms with E-state index in [1.807, 2.05) is 30.3 Å². The summed E-state index contributed by atoms with van der Waals surface area (Å²) in [7, 11) is 4.28. The minimum atomic E-state index is -1.19. The van der Waals surface area contributed by atoms with Gasteiger partial charge < -0.3 is 20.6 Å². The third kappa shape index (κ3) is 6.33. The number of rotatable bonds is 8. The first-order valence-electron chi connectivity index (χ1n) is 11.3. The van der Waals surface area contributed by atoms with Gasteiger partial charge >= 0.3 is 6.09 Å². The van der Waals surface area contributed by atoms with Crippen LogP contribution in [0.15, 0.2) is 54.6 Å². The van der Waals surface area contributed by atoms with E-state index >= 15 is 0 Å². The van der Waals surface area contributed by atoms with Crippen molar-refractivity contribution in [3.63, 3.8) is 0 Å². The van der Waals surface area contributed by atoms with Crippen molar-refractivity contribution in [3.8, 4) is 0 Å². The second-order valence-electron chi connectivity index (χ2n) is 9.26. The van der Waals surface area contributed by atoms with Crippen LogP contribution in [0.1, 0.15) is 42.4 Å². The van der Waals surface area contributed by atoms with E-state index in [0.29, 0.717) is 6.42 Å². The zero-order valence-corrected chi connectivity index (χ0v) is 19.3. The average Bonchev–Trinajstić information content (AvgIpc) is 2.75. The summed E-state index contributed by atoms with van der Waals surface area (Å²) in [6.45, 7) is 2.12. The summed E-state index contributed by atoms with van der Waals surface area (Å²) in [5.74, 6) is -0.253. The van der Waals surface area contributed by atoms with E-state index in [2.05, 4.69) is 60.8 Å². The summed E-state index contributed by atoms with van der Waals surface area (Å²) >= 11 is 0. The minimum Gasteiger partial charge on any atom is -0.465 e. The molecular weight excluding hydrogens is 402 g/mol. The molecule has 3 N–H and O–H groups in total. The molecule has 2 aromatic rings. The van der Waals surface area contributed by atoms with Crippen LogP contribution in [0.2, 0.25) is 0 Å². The lowest BCUT2D eigenvalue weighted by Gasteiger charge is -2.45. The van der Waals surface area contributed by atoms with Crippen molar-refractivity contribution in [2.75, 3.05) is 14.1 Å². The number of amides is 2. The van der Waals surface area contributed by atoms with Gasteiger partial charge in [0.2, 0.25) is 5.91 Å². The van der Waals surface area contributed by atoms with Crippen LogP contribution in [-0.4, -0.2) is 53.7 Å². The predicted molar refractivity (Wildman–Crippen MR) is 127 cm³/mol. The van der Waals surface area contributed by atoms with Crippen LogP contribution in [-0.2, 0) is 17.6 Å². The fraction of sp³-hybridized carbons (Fsp3) is 0.462. The van der Waals surface area contributed by atoms with Crippen LogP contribution in [0, 0.1) is 6.92 Å². The van der Waals surface area contributed by atoms with E-state index in [0.717, 1.165) is 37.7 Å². The Morgan fingerprint density at radius 3 is 2.31 bits per heavy atom. The zero-order chi connectivity index (χ0) is 23.1. The topological polar surface area (TPSA) is 81.7 Å². The Hall–Kier alpha value is -2.86. The molecule has 1 unspecified atom stereocenters. The van der Waals surface area contributed by atoms with E-state index in [9.17, 15) is 14.7 Å². The molecule has 172 valence electrons. The third-order valence-corrected chi connectivity index (χ3v) is 6.72. The zero-order valence-electron chi connectivity index (χ0n) is 19.3. The number of aryl methyl sites for hydroxylation is 1. The predicted octanol–water partition coefficient (Wildman–Crippen LogP) is 3.78. The number of likely N-dealkylation sites (N-methyl/N-ethyl adjacent to an activating group) is 1. The SMILES string of the molecule is Cc1cccc(CC2(N(C)C)CCC(NC(=O)C(Cc3ccccc3)NC(=O)O)CC2)c1. The van der Waals surface area contributed by atoms with E-state index < -0.39 is 12.1 Å². The molecule has 2 aromatic carbocycles. The number of carbonyl (C=O) groups excluding carboxylic acids is 1. The normalized spacial score (nSPS) is 21.7. The molecule has 0 bridgehead atoms. The van der Waals surface area contributed by atoms with Crippen LogP contribution in [0.3, 0.4) is 0 Å². The van der Waals surface area contributed by atoms with Gasteiger partial charge in [-0.2, -0.15) is 0 Å². The smallest absolute Gasteiger partial charge is 0.405 e. The van der Waals surface area contributed by atoms with Crippen LogP contribution in [0.25, 0.3) is 0 Å². The van der Waals surface area contributed by atoms with E-state index in [1.54, 1.807) is 0 Å². The first-order valence-corrected chi connectivity index (χ1v) is 11.3. The van der Waals surface area contributed by atoms with Gasteiger partial charge in [0.1, 0.15) is 6.04 Å². The van der Waals surface area contributed by atoms with Crippen molar-refractivity contribution >= 4 is 12.0 Å². The second kappa shape index (κ2) is 10.6. The molecule has 1 aliphatic carbocycles. The highest BCUT2D eigenvalue weighted by atomic mass is 16.4. The summed E-state index contributed by atoms with van der Waals surface area (Å²) in [5.41, 5.74) is 3.61. The highest BCUT2D eigenvalue weighted by Gasteiger charge is 2.38. The Labute approximate surface area is 191 Å². The number of hydrogen-bond donors (Lipinski definition) is 3. The second-order valence-corrected chi connectivity index (χ2v) is 9.26. The molecule has 6 nitrogen and oxygen atoms in total. The molecule has 0 saturated heterocycles. The number of carboxylic acid groups (broad SMARTS) is 1. The van der Waals surface area contributed by atoms with Gasteiger partial charge in [0.25, 0.3) is 0 Å². The summed E-state index contributed by atoms with van der Waals surface area (Å²) in [4.78, 5) is 26.5. The van der Waals surface area contributed by atoms with Crippen LogP contribution >= 0.6 is 0 Å². The number of nitrogens with zero attached hydrogens (tertiary/aromatic N) is 1. The van der Waals surface area contributed by atoms with Crippen molar-refractivity contribution in [2.24, 2.45) is 0 Å². The van der Waals surface area contributed by atoms with Crippen molar-refractivity contribution in [1.29, 1.82) is 0 Å². The summed E-state index contributed by atoms with van der Waals surface area (Å²) in [6.07, 6.45) is 3.85. The largest absolute Gasteiger partial charge is 0.465 e. The van der Waals surface area contributed by atoms with Gasteiger partial charge in [-0.15, -0.1) is 0 Å². The van der Waals surface area contributed by atoms with Crippen molar-refractivity contribution < 1.29 is 14.7 Å². The number of nitrogens with one attached hydrogen (secondary N) is 2. The highest BCUT2D eigenvalue weighted by molar-refractivity contribution is 5.85. The van der Waals surface area contributed by atoms with Crippen molar-refractivity contribution in [1.82, 2.24) is 15.5 Å². The van der Waals surface area contributed by atoms with Crippen LogP contribution in [0.4, 0.5) is 4.79 Å². The van der Waals surface area contributed by atoms with Gasteiger partial charge in [-0.05, 0) is 64.3 Å². The lowest BCUT2D eigenvalue weighted by atomic mass is 9.74. The maximum absolute atomic E-state index is 12.9. The maximum Gasteiger partial charge on any atom is 0.405 e. The lowest BCUT2D eigenvalue weighted by Crippen LogP contribution is -2.55. The molecule has 0 aromatic heterocycles. The fourth-order valence-corrected chi connectivity index (χ4v) is 4.79. The molecule has 0 aliphatic heterocycles. The van der Waals surface area contributed by atoms with E-state index in [-0.39, 0.29) is 17.5 Å². The van der Waals surface area contributed by atoms with E-state index in [4.69, 9.17) is 0 Å². The van der Waals surface area contributed by atoms with Gasteiger partial charge in [0.15, 0.2) is 0 Å². The number of hydrogen-bond acceptors (Lipinski definition) is 3. The molecule has 1 saturated carbocycles. The Balaban J connectivity index is 1.62. The average molecular weight is 438 g/mol. The molecule has 0 spiro atoms. The minimum absolute atomic E-state index is 0.0574. The Kier molecular flexibility index (Phi) is 7.91. The van der Waals surface area contributed by atoms with Gasteiger partial charge in [0, 0.05) is 18.0 Å². The molecule has 6 heteroatoms. The highest BCUT2D eigenvalue weighted by Crippen LogP contribution is 2.35. The monoisotopic (exact) mass is 437 g/mol. The molecule has 1 aliphatic rings. The van der Waals surface area contributed by atoms with Gasteiger partial charge in [-0.1, -0.05) is 60.2 Å². The molecule has 2 amide bonds. The summed E-state index contributed by atoms with van der Waals surface area (Å²) < 4.78 is 0. The third-order valence-electron chi connectivity index (χ3n) is 6.72. The molecule has 3 rings (SSSR count). The first kappa shape index (κ1) is 23.8. The quantitative estimate of drug-likeness (QED) is 0.587. The molecule has 1 fully saturated rings. The first-order chi connectivity index (χ1) is 15.3. The lowest BCUT2D eigenvalue weighted by molar-refractivity contribution is -0.124. The van der Waals surface area contributed by atoms with Gasteiger partial charge in [0.05, 0.1) is 0 Å². The molecule has 32 heavy (non-hydrogen) atoms. The van der Waals surface area contributed by atoms with Crippen LogP contribution in [0.5, 0.6) is 0 Å². The molecule has 0 heterocycles. The maximum atomic E-state index is 12.9. The fourth-order valence-electron chi connectivity index (χ4n) is 4.79. The van der Waals surface area contributed by atoms with Gasteiger partial charge in [-0.25, -0.2) is 4.79 Å². The van der Waals surface area contributed by atoms with Crippen molar-refractivity contribution in [2.45, 2.75) is 63.1 Å². The Bertz CT molecular complexity index is 906. The Morgan fingerprint density at radius 1 is 1.06 bits per heavy atom. The van der Waals surface area contributed by atoms with Gasteiger partial charge in [-0.3, -0.25) is 4.79 Å². The van der Waals surface area contributed by atoms with E-state index in [1.165, 1.54) is 11.1 Å². The molecule has 0 radical (unpaired) electrons. The summed E-state index contributed by atoms with van der Waals surface area (Å²) in [6, 6.07) is 17.4. The number of benzene rings is 2. The van der Waals surface area contributed by atoms with Crippen LogP contribution < -0.4 is 10.6 Å². The number of carbonyl (C=O) groups is 2. The standard InChI is InChI=1S/C26H35N3O3/c1-19-8-7-11-21(16-19)18-26(29(2)3)14-12-22(13-15-26)27-24(30)23(28-25(31)32)17-20-9-5-4-6-10-20/h4-11,16,22-23,28H,12-15,17-18H2,1-3H3,(H,27,30)(H,31,32). The molecular formula is C26H35N3O3. The molecule has 1 atom stereocenters.